The Kier molecular flexibility index (Phi) is 2.14. The third kappa shape index (κ3) is 1.40. The summed E-state index contributed by atoms with van der Waals surface area (Å²) in [5, 5.41) is 3.15. The average molecular weight is 225 g/mol. The molecular weight excluding hydrogens is 212 g/mol. The van der Waals surface area contributed by atoms with Gasteiger partial charge in [0.2, 0.25) is 0 Å². The van der Waals surface area contributed by atoms with E-state index in [9.17, 15) is 8.78 Å². The van der Waals surface area contributed by atoms with E-state index in [0.29, 0.717) is 19.4 Å². The predicted octanol–water partition coefficient (Wildman–Crippen LogP) is 2.29. The molecule has 1 aromatic rings. The number of ether oxygens (including phenoxy) is 1. The summed E-state index contributed by atoms with van der Waals surface area (Å²) < 4.78 is 32.1. The van der Waals surface area contributed by atoms with Gasteiger partial charge in [0.1, 0.15) is 12.0 Å². The fraction of sp³-hybridized carbons (Fsp3) is 0.500. The quantitative estimate of drug-likeness (QED) is 0.731. The van der Waals surface area contributed by atoms with Gasteiger partial charge in [-0.15, -0.1) is 0 Å². The number of alkyl halides is 1. The average Bonchev–Trinajstić information content (AvgIpc) is 2.61. The normalized spacial score (nSPS) is 32.5. The van der Waals surface area contributed by atoms with Gasteiger partial charge in [-0.25, -0.2) is 8.78 Å². The molecule has 1 fully saturated rings. The fourth-order valence-corrected chi connectivity index (χ4v) is 2.57. The van der Waals surface area contributed by atoms with Crippen LogP contribution in [0.25, 0.3) is 0 Å². The number of anilines is 1. The molecule has 3 rings (SSSR count). The van der Waals surface area contributed by atoms with Crippen LogP contribution in [0, 0.1) is 5.82 Å². The summed E-state index contributed by atoms with van der Waals surface area (Å²) in [6.45, 7) is 0.688. The van der Waals surface area contributed by atoms with E-state index in [1.807, 2.05) is 0 Å². The van der Waals surface area contributed by atoms with Crippen molar-refractivity contribution in [3.63, 3.8) is 0 Å². The van der Waals surface area contributed by atoms with E-state index in [1.54, 1.807) is 6.07 Å². The molecule has 16 heavy (non-hydrogen) atoms. The summed E-state index contributed by atoms with van der Waals surface area (Å²) in [7, 11) is 0. The lowest BCUT2D eigenvalue weighted by Crippen LogP contribution is -2.52. The van der Waals surface area contributed by atoms with Crippen molar-refractivity contribution in [2.75, 3.05) is 18.5 Å². The summed E-state index contributed by atoms with van der Waals surface area (Å²) in [5.74, 6) is -0.286. The Hall–Kier alpha value is -1.16. The maximum Gasteiger partial charge on any atom is 0.147 e. The minimum Gasteiger partial charge on any atom is -0.378 e. The molecule has 4 heteroatoms. The SMILES string of the molecule is Fc1ccc2c(c1)NC1(CCOCC1F)C2. The van der Waals surface area contributed by atoms with Gasteiger partial charge in [-0.2, -0.15) is 0 Å². The number of hydrogen-bond acceptors (Lipinski definition) is 2. The van der Waals surface area contributed by atoms with Gasteiger partial charge in [0.05, 0.1) is 12.1 Å². The van der Waals surface area contributed by atoms with Gasteiger partial charge in [0, 0.05) is 18.7 Å². The zero-order valence-electron chi connectivity index (χ0n) is 8.80. The third-order valence-electron chi connectivity index (χ3n) is 3.52. The molecule has 0 bridgehead atoms. The lowest BCUT2D eigenvalue weighted by molar-refractivity contribution is -0.00544. The maximum absolute atomic E-state index is 13.9. The summed E-state index contributed by atoms with van der Waals surface area (Å²) in [5.41, 5.74) is 1.14. The van der Waals surface area contributed by atoms with Gasteiger partial charge in [-0.1, -0.05) is 6.07 Å². The Bertz CT molecular complexity index is 423. The van der Waals surface area contributed by atoms with Gasteiger partial charge in [0.15, 0.2) is 0 Å². The maximum atomic E-state index is 13.9. The third-order valence-corrected chi connectivity index (χ3v) is 3.52. The highest BCUT2D eigenvalue weighted by Gasteiger charge is 2.46. The Labute approximate surface area is 92.6 Å². The molecule has 1 N–H and O–H groups in total. The van der Waals surface area contributed by atoms with Crippen molar-refractivity contribution in [1.82, 2.24) is 0 Å². The van der Waals surface area contributed by atoms with E-state index in [2.05, 4.69) is 5.32 Å². The van der Waals surface area contributed by atoms with Crippen molar-refractivity contribution in [2.45, 2.75) is 24.6 Å². The number of hydrogen-bond donors (Lipinski definition) is 1. The van der Waals surface area contributed by atoms with E-state index in [-0.39, 0.29) is 12.4 Å². The van der Waals surface area contributed by atoms with E-state index in [0.717, 1.165) is 11.3 Å². The van der Waals surface area contributed by atoms with Crippen LogP contribution in [0.2, 0.25) is 0 Å². The molecule has 0 amide bonds. The lowest BCUT2D eigenvalue weighted by Gasteiger charge is -2.37. The first-order valence-electron chi connectivity index (χ1n) is 5.48. The number of halogens is 2. The molecule has 2 atom stereocenters. The van der Waals surface area contributed by atoms with Crippen LogP contribution in [-0.2, 0) is 11.2 Å². The molecule has 86 valence electrons. The van der Waals surface area contributed by atoms with Crippen molar-refractivity contribution >= 4 is 5.69 Å². The van der Waals surface area contributed by atoms with E-state index >= 15 is 0 Å². The zero-order chi connectivity index (χ0) is 11.2. The molecule has 0 aliphatic carbocycles. The second-order valence-electron chi connectivity index (χ2n) is 4.55. The van der Waals surface area contributed by atoms with Crippen LogP contribution in [0.1, 0.15) is 12.0 Å². The first-order valence-corrected chi connectivity index (χ1v) is 5.48. The minimum absolute atomic E-state index is 0.128. The van der Waals surface area contributed by atoms with Gasteiger partial charge in [-0.3, -0.25) is 0 Å². The van der Waals surface area contributed by atoms with Crippen molar-refractivity contribution in [2.24, 2.45) is 0 Å². The van der Waals surface area contributed by atoms with Crippen LogP contribution in [0.15, 0.2) is 18.2 Å². The van der Waals surface area contributed by atoms with Crippen LogP contribution < -0.4 is 5.32 Å². The molecule has 1 aromatic carbocycles. The number of nitrogens with one attached hydrogen (secondary N) is 1. The summed E-state index contributed by atoms with van der Waals surface area (Å²) in [6.07, 6.45) is 0.217. The molecule has 2 heterocycles. The van der Waals surface area contributed by atoms with Crippen LogP contribution in [0.4, 0.5) is 14.5 Å². The van der Waals surface area contributed by atoms with Crippen LogP contribution in [0.3, 0.4) is 0 Å². The molecule has 0 radical (unpaired) electrons. The smallest absolute Gasteiger partial charge is 0.147 e. The van der Waals surface area contributed by atoms with E-state index in [1.165, 1.54) is 12.1 Å². The standard InChI is InChI=1S/C12H13F2NO/c13-9-2-1-8-6-12(15-10(8)5-9)3-4-16-7-11(12)14/h1-2,5,11,15H,3-4,6-7H2. The van der Waals surface area contributed by atoms with Crippen LogP contribution in [-0.4, -0.2) is 24.9 Å². The second kappa shape index (κ2) is 3.42. The summed E-state index contributed by atoms with van der Waals surface area (Å²) in [6, 6.07) is 4.59. The first kappa shape index (κ1) is 10.0. The van der Waals surface area contributed by atoms with Crippen LogP contribution in [0.5, 0.6) is 0 Å². The summed E-state index contributed by atoms with van der Waals surface area (Å²) in [4.78, 5) is 0. The summed E-state index contributed by atoms with van der Waals surface area (Å²) >= 11 is 0. The van der Waals surface area contributed by atoms with Gasteiger partial charge in [-0.05, 0) is 24.1 Å². The van der Waals surface area contributed by atoms with Gasteiger partial charge >= 0.3 is 0 Å². The predicted molar refractivity (Wildman–Crippen MR) is 56.8 cm³/mol. The number of fused-ring (bicyclic) bond motifs is 1. The monoisotopic (exact) mass is 225 g/mol. The molecule has 2 aliphatic heterocycles. The van der Waals surface area contributed by atoms with Crippen molar-refractivity contribution in [1.29, 1.82) is 0 Å². The highest BCUT2D eigenvalue weighted by atomic mass is 19.1. The fourth-order valence-electron chi connectivity index (χ4n) is 2.57. The lowest BCUT2D eigenvalue weighted by atomic mass is 9.86. The molecule has 2 nitrogen and oxygen atoms in total. The largest absolute Gasteiger partial charge is 0.378 e. The topological polar surface area (TPSA) is 21.3 Å². The Morgan fingerprint density at radius 1 is 1.44 bits per heavy atom. The van der Waals surface area contributed by atoms with Gasteiger partial charge < -0.3 is 10.1 Å². The molecule has 0 saturated carbocycles. The molecular formula is C12H13F2NO. The molecule has 0 aromatic heterocycles. The van der Waals surface area contributed by atoms with Crippen molar-refractivity contribution in [3.8, 4) is 0 Å². The number of rotatable bonds is 0. The Balaban J connectivity index is 1.93. The highest BCUT2D eigenvalue weighted by Crippen LogP contribution is 2.39. The Morgan fingerprint density at radius 2 is 2.31 bits per heavy atom. The zero-order valence-corrected chi connectivity index (χ0v) is 8.80. The Morgan fingerprint density at radius 3 is 3.12 bits per heavy atom. The van der Waals surface area contributed by atoms with Crippen molar-refractivity contribution in [3.05, 3.63) is 29.6 Å². The first-order chi connectivity index (χ1) is 7.70. The van der Waals surface area contributed by atoms with E-state index in [4.69, 9.17) is 4.74 Å². The highest BCUT2D eigenvalue weighted by molar-refractivity contribution is 5.59. The van der Waals surface area contributed by atoms with Crippen LogP contribution >= 0.6 is 0 Å². The van der Waals surface area contributed by atoms with E-state index < -0.39 is 11.7 Å². The van der Waals surface area contributed by atoms with Crippen molar-refractivity contribution < 1.29 is 13.5 Å². The van der Waals surface area contributed by atoms with Gasteiger partial charge in [0.25, 0.3) is 0 Å². The molecule has 2 unspecified atom stereocenters. The second-order valence-corrected chi connectivity index (χ2v) is 4.55. The minimum atomic E-state index is -1.03. The molecule has 2 aliphatic rings. The molecule has 1 spiro atoms. The number of benzene rings is 1. The molecule has 1 saturated heterocycles.